The summed E-state index contributed by atoms with van der Waals surface area (Å²) in [6.45, 7) is 3.76. The Bertz CT molecular complexity index is 668. The number of nitrogens with one attached hydrogen (secondary N) is 2. The van der Waals surface area contributed by atoms with Crippen LogP contribution in [0.15, 0.2) is 27.8 Å². The smallest absolute Gasteiger partial charge is 0.211 e. The Balaban J connectivity index is 0.00000338. The standard InChI is InChI=1S/C16H28N4O4S.HI/c1-16(21,14-5-4-10-24-14)12-19-15(17-2)18-11-13-6-8-20(9-7-13)25(3,22)23;/h4-5,10,13,21H,6-9,11-12H2,1-3H3,(H2,17,18,19);1H. The van der Waals surface area contributed by atoms with Gasteiger partial charge in [0.05, 0.1) is 19.1 Å². The van der Waals surface area contributed by atoms with Gasteiger partial charge in [-0.3, -0.25) is 4.99 Å². The molecule has 2 rings (SSSR count). The first kappa shape index (κ1) is 23.2. The predicted molar refractivity (Wildman–Crippen MR) is 112 cm³/mol. The van der Waals surface area contributed by atoms with E-state index in [9.17, 15) is 13.5 Å². The van der Waals surface area contributed by atoms with E-state index in [1.807, 2.05) is 0 Å². The maximum atomic E-state index is 11.5. The van der Waals surface area contributed by atoms with Crippen molar-refractivity contribution in [3.05, 3.63) is 24.2 Å². The minimum Gasteiger partial charge on any atom is -0.466 e. The summed E-state index contributed by atoms with van der Waals surface area (Å²) in [4.78, 5) is 4.16. The number of halogens is 1. The summed E-state index contributed by atoms with van der Waals surface area (Å²) in [5.74, 6) is 1.48. The Labute approximate surface area is 172 Å². The van der Waals surface area contributed by atoms with Crippen LogP contribution in [-0.2, 0) is 15.6 Å². The van der Waals surface area contributed by atoms with Gasteiger partial charge in [-0.05, 0) is 37.8 Å². The Morgan fingerprint density at radius 2 is 2.08 bits per heavy atom. The van der Waals surface area contributed by atoms with Gasteiger partial charge in [0, 0.05) is 26.7 Å². The lowest BCUT2D eigenvalue weighted by atomic mass is 9.98. The average molecular weight is 500 g/mol. The van der Waals surface area contributed by atoms with E-state index in [0.29, 0.717) is 37.3 Å². The molecule has 1 aromatic rings. The Morgan fingerprint density at radius 3 is 2.58 bits per heavy atom. The lowest BCUT2D eigenvalue weighted by Gasteiger charge is -2.30. The molecule has 0 spiro atoms. The molecule has 1 fully saturated rings. The van der Waals surface area contributed by atoms with Crippen molar-refractivity contribution in [3.63, 3.8) is 0 Å². The minimum atomic E-state index is -3.09. The van der Waals surface area contributed by atoms with E-state index in [2.05, 4.69) is 15.6 Å². The second-order valence-electron chi connectivity index (χ2n) is 6.66. The fraction of sp³-hybridized carbons (Fsp3) is 0.688. The number of nitrogens with zero attached hydrogens (tertiary/aromatic N) is 2. The molecule has 0 aromatic carbocycles. The third-order valence-corrected chi connectivity index (χ3v) is 5.78. The second kappa shape index (κ2) is 9.90. The van der Waals surface area contributed by atoms with Crippen molar-refractivity contribution in [1.82, 2.24) is 14.9 Å². The number of rotatable bonds is 6. The molecule has 1 atom stereocenters. The van der Waals surface area contributed by atoms with Gasteiger partial charge in [0.15, 0.2) is 5.96 Å². The van der Waals surface area contributed by atoms with E-state index >= 15 is 0 Å². The number of hydrogen-bond acceptors (Lipinski definition) is 5. The molecule has 0 amide bonds. The highest BCUT2D eigenvalue weighted by Gasteiger charge is 2.27. The summed E-state index contributed by atoms with van der Waals surface area (Å²) < 4.78 is 29.8. The summed E-state index contributed by atoms with van der Waals surface area (Å²) in [7, 11) is -1.42. The maximum Gasteiger partial charge on any atom is 0.211 e. The highest BCUT2D eigenvalue weighted by Crippen LogP contribution is 2.20. The van der Waals surface area contributed by atoms with Crippen molar-refractivity contribution >= 4 is 40.0 Å². The van der Waals surface area contributed by atoms with E-state index in [-0.39, 0.29) is 30.5 Å². The van der Waals surface area contributed by atoms with E-state index in [4.69, 9.17) is 4.42 Å². The van der Waals surface area contributed by atoms with Crippen molar-refractivity contribution in [2.75, 3.05) is 39.5 Å². The van der Waals surface area contributed by atoms with Gasteiger partial charge in [0.2, 0.25) is 10.0 Å². The van der Waals surface area contributed by atoms with Gasteiger partial charge in [-0.25, -0.2) is 12.7 Å². The first-order chi connectivity index (χ1) is 11.7. The highest BCUT2D eigenvalue weighted by atomic mass is 127. The lowest BCUT2D eigenvalue weighted by Crippen LogP contribution is -2.47. The first-order valence-electron chi connectivity index (χ1n) is 8.38. The molecule has 2 heterocycles. The zero-order valence-electron chi connectivity index (χ0n) is 15.4. The second-order valence-corrected chi connectivity index (χ2v) is 8.65. The van der Waals surface area contributed by atoms with Gasteiger partial charge in [-0.2, -0.15) is 0 Å². The molecule has 150 valence electrons. The molecule has 8 nitrogen and oxygen atoms in total. The van der Waals surface area contributed by atoms with Gasteiger partial charge in [0.1, 0.15) is 11.4 Å². The molecule has 3 N–H and O–H groups in total. The average Bonchev–Trinajstić information content (AvgIpc) is 3.10. The molecule has 0 radical (unpaired) electrons. The van der Waals surface area contributed by atoms with Crippen LogP contribution in [0.4, 0.5) is 0 Å². The number of guanidine groups is 1. The summed E-state index contributed by atoms with van der Waals surface area (Å²) in [6, 6.07) is 3.47. The maximum absolute atomic E-state index is 11.5. The summed E-state index contributed by atoms with van der Waals surface area (Å²) in [6.07, 6.45) is 4.42. The number of sulfonamides is 1. The van der Waals surface area contributed by atoms with Crippen LogP contribution in [0.3, 0.4) is 0 Å². The van der Waals surface area contributed by atoms with Crippen molar-refractivity contribution < 1.29 is 17.9 Å². The minimum absolute atomic E-state index is 0. The van der Waals surface area contributed by atoms with Gasteiger partial charge < -0.3 is 20.2 Å². The fourth-order valence-corrected chi connectivity index (χ4v) is 3.71. The molecule has 1 aromatic heterocycles. The Morgan fingerprint density at radius 1 is 1.42 bits per heavy atom. The van der Waals surface area contributed by atoms with E-state index in [1.165, 1.54) is 16.8 Å². The van der Waals surface area contributed by atoms with Crippen molar-refractivity contribution in [3.8, 4) is 0 Å². The fourth-order valence-electron chi connectivity index (χ4n) is 2.83. The third kappa shape index (κ3) is 6.71. The molecular formula is C16H29IN4O4S. The SMILES string of the molecule is CN=C(NCC1CCN(S(C)(=O)=O)CC1)NCC(C)(O)c1ccco1.I. The van der Waals surface area contributed by atoms with Crippen LogP contribution in [-0.4, -0.2) is 63.3 Å². The van der Waals surface area contributed by atoms with Crippen LogP contribution >= 0.6 is 24.0 Å². The monoisotopic (exact) mass is 500 g/mol. The zero-order chi connectivity index (χ0) is 18.5. The van der Waals surface area contributed by atoms with Gasteiger partial charge >= 0.3 is 0 Å². The highest BCUT2D eigenvalue weighted by molar-refractivity contribution is 14.0. The molecule has 0 aliphatic carbocycles. The van der Waals surface area contributed by atoms with Crippen molar-refractivity contribution in [2.24, 2.45) is 10.9 Å². The molecule has 0 bridgehead atoms. The molecule has 26 heavy (non-hydrogen) atoms. The molecule has 1 unspecified atom stereocenters. The number of piperidine rings is 1. The predicted octanol–water partition coefficient (Wildman–Crippen LogP) is 0.942. The normalized spacial score (nSPS) is 19.5. The summed E-state index contributed by atoms with van der Waals surface area (Å²) >= 11 is 0. The van der Waals surface area contributed by atoms with E-state index in [0.717, 1.165) is 12.8 Å². The third-order valence-electron chi connectivity index (χ3n) is 4.48. The van der Waals surface area contributed by atoms with Crippen LogP contribution in [0.1, 0.15) is 25.5 Å². The van der Waals surface area contributed by atoms with Crippen LogP contribution in [0.25, 0.3) is 0 Å². The summed E-state index contributed by atoms with van der Waals surface area (Å²) in [5, 5.41) is 16.8. The number of aliphatic imine (C=N–C) groups is 1. The number of aliphatic hydroxyl groups is 1. The van der Waals surface area contributed by atoms with Gasteiger partial charge in [-0.15, -0.1) is 24.0 Å². The lowest BCUT2D eigenvalue weighted by molar-refractivity contribution is 0.0385. The van der Waals surface area contributed by atoms with E-state index < -0.39 is 15.6 Å². The Hall–Kier alpha value is -0.850. The molecule has 0 saturated carbocycles. The van der Waals surface area contributed by atoms with Crippen LogP contribution in [0.2, 0.25) is 0 Å². The Kier molecular flexibility index (Phi) is 8.83. The quantitative estimate of drug-likeness (QED) is 0.305. The zero-order valence-corrected chi connectivity index (χ0v) is 18.6. The molecule has 1 aliphatic rings. The topological polar surface area (TPSA) is 107 Å². The van der Waals surface area contributed by atoms with E-state index in [1.54, 1.807) is 26.1 Å². The van der Waals surface area contributed by atoms with Crippen LogP contribution in [0.5, 0.6) is 0 Å². The van der Waals surface area contributed by atoms with Gasteiger partial charge in [0.25, 0.3) is 0 Å². The molecule has 10 heteroatoms. The number of hydrogen-bond donors (Lipinski definition) is 3. The van der Waals surface area contributed by atoms with Crippen molar-refractivity contribution in [1.29, 1.82) is 0 Å². The molecule has 1 aliphatic heterocycles. The molecule has 1 saturated heterocycles. The first-order valence-corrected chi connectivity index (χ1v) is 10.2. The van der Waals surface area contributed by atoms with Crippen molar-refractivity contribution in [2.45, 2.75) is 25.4 Å². The van der Waals surface area contributed by atoms with Crippen LogP contribution in [0, 0.1) is 5.92 Å². The van der Waals surface area contributed by atoms with Gasteiger partial charge in [-0.1, -0.05) is 0 Å². The van der Waals surface area contributed by atoms with Crippen LogP contribution < -0.4 is 10.6 Å². The summed E-state index contributed by atoms with van der Waals surface area (Å²) in [5.41, 5.74) is -1.14. The molecular weight excluding hydrogens is 471 g/mol. The largest absolute Gasteiger partial charge is 0.466 e. The number of furan rings is 1.